The summed E-state index contributed by atoms with van der Waals surface area (Å²) in [7, 11) is 0. The molecule has 5 rings (SSSR count). The van der Waals surface area contributed by atoms with Crippen LogP contribution in [0.4, 0.5) is 5.82 Å². The van der Waals surface area contributed by atoms with Crippen LogP contribution in [0.3, 0.4) is 0 Å². The van der Waals surface area contributed by atoms with E-state index >= 15 is 0 Å². The van der Waals surface area contributed by atoms with E-state index in [0.717, 1.165) is 22.2 Å². The number of carbonyl (C=O) groups excluding carboxylic acids is 1. The lowest BCUT2D eigenvalue weighted by molar-refractivity contribution is 0.0616. The van der Waals surface area contributed by atoms with E-state index in [1.165, 1.54) is 0 Å². The lowest BCUT2D eigenvalue weighted by Gasteiger charge is -2.35. The highest BCUT2D eigenvalue weighted by atomic mass is 79.9. The summed E-state index contributed by atoms with van der Waals surface area (Å²) in [5, 5.41) is 1.39. The van der Waals surface area contributed by atoms with Gasteiger partial charge in [0.05, 0.1) is 33.3 Å². The van der Waals surface area contributed by atoms with Crippen molar-refractivity contribution in [3.05, 3.63) is 87.1 Å². The number of amides is 1. The van der Waals surface area contributed by atoms with Crippen LogP contribution in [0.5, 0.6) is 0 Å². The van der Waals surface area contributed by atoms with Crippen LogP contribution in [0.2, 0.25) is 5.02 Å². The summed E-state index contributed by atoms with van der Waals surface area (Å²) in [6, 6.07) is 10.7. The van der Waals surface area contributed by atoms with Crippen LogP contribution in [-0.4, -0.2) is 30.7 Å². The lowest BCUT2D eigenvalue weighted by Crippen LogP contribution is -2.40. The maximum absolute atomic E-state index is 13.6. The van der Waals surface area contributed by atoms with E-state index in [0.29, 0.717) is 39.7 Å². The van der Waals surface area contributed by atoms with Crippen LogP contribution in [0.1, 0.15) is 33.5 Å². The summed E-state index contributed by atoms with van der Waals surface area (Å²) in [6.07, 6.45) is 5.50. The minimum Gasteiger partial charge on any atom is -0.383 e. The van der Waals surface area contributed by atoms with Crippen molar-refractivity contribution >= 4 is 50.2 Å². The van der Waals surface area contributed by atoms with Gasteiger partial charge in [-0.25, -0.2) is 15.0 Å². The molecule has 0 bridgehead atoms. The fourth-order valence-electron chi connectivity index (χ4n) is 3.81. The number of anilines is 1. The number of nitrogens with two attached hydrogens (primary N) is 1. The van der Waals surface area contributed by atoms with Gasteiger partial charge in [-0.15, -0.1) is 0 Å². The Morgan fingerprint density at radius 3 is 2.71 bits per heavy atom. The molecule has 1 amide bonds. The number of hydrogen-bond acceptors (Lipinski definition) is 6. The van der Waals surface area contributed by atoms with Crippen molar-refractivity contribution < 1.29 is 4.79 Å². The molecule has 1 aromatic carbocycles. The normalized spacial score (nSPS) is 15.9. The van der Waals surface area contributed by atoms with E-state index < -0.39 is 0 Å². The predicted molar refractivity (Wildman–Crippen MR) is 121 cm³/mol. The largest absolute Gasteiger partial charge is 0.383 e. The van der Waals surface area contributed by atoms with E-state index in [-0.39, 0.29) is 11.9 Å². The highest BCUT2D eigenvalue weighted by molar-refractivity contribution is 9.10. The molecule has 4 heterocycles. The average molecular weight is 496 g/mol. The topological polar surface area (TPSA) is 97.9 Å². The molecule has 0 spiro atoms. The number of pyridine rings is 2. The molecular formula is C22H16BrClN6O. The van der Waals surface area contributed by atoms with Gasteiger partial charge in [0.25, 0.3) is 5.91 Å². The first-order valence-corrected chi connectivity index (χ1v) is 10.7. The Bertz CT molecular complexity index is 1300. The molecule has 2 N–H and O–H groups in total. The van der Waals surface area contributed by atoms with E-state index in [9.17, 15) is 4.79 Å². The first-order chi connectivity index (χ1) is 15.0. The molecule has 0 saturated carbocycles. The van der Waals surface area contributed by atoms with Crippen molar-refractivity contribution in [3.8, 4) is 0 Å². The molecule has 0 radical (unpaired) electrons. The van der Waals surface area contributed by atoms with Crippen molar-refractivity contribution in [2.24, 2.45) is 0 Å². The average Bonchev–Trinajstić information content (AvgIpc) is 2.77. The third-order valence-corrected chi connectivity index (χ3v) is 6.16. The molecule has 154 valence electrons. The third-order valence-electron chi connectivity index (χ3n) is 5.31. The van der Waals surface area contributed by atoms with Gasteiger partial charge >= 0.3 is 0 Å². The van der Waals surface area contributed by atoms with Crippen LogP contribution in [0.15, 0.2) is 59.5 Å². The second-order valence-corrected chi connectivity index (χ2v) is 8.58. The smallest absolute Gasteiger partial charge is 0.255 e. The highest BCUT2D eigenvalue weighted by Crippen LogP contribution is 2.35. The molecule has 31 heavy (non-hydrogen) atoms. The number of carbonyl (C=O) groups is 1. The van der Waals surface area contributed by atoms with Gasteiger partial charge in [0.1, 0.15) is 5.82 Å². The highest BCUT2D eigenvalue weighted by Gasteiger charge is 2.35. The number of fused-ring (bicyclic) bond motifs is 2. The number of nitrogen functional groups attached to an aromatic ring is 1. The van der Waals surface area contributed by atoms with Crippen molar-refractivity contribution in [1.82, 2.24) is 24.8 Å². The van der Waals surface area contributed by atoms with E-state index in [1.54, 1.807) is 35.6 Å². The molecule has 7 nitrogen and oxygen atoms in total. The Labute approximate surface area is 191 Å². The number of benzene rings is 1. The summed E-state index contributed by atoms with van der Waals surface area (Å²) in [5.74, 6) is 0.886. The number of rotatable bonds is 3. The molecule has 9 heteroatoms. The Hall–Kier alpha value is -3.10. The monoisotopic (exact) mass is 494 g/mol. The van der Waals surface area contributed by atoms with Gasteiger partial charge in [0.2, 0.25) is 0 Å². The first-order valence-electron chi connectivity index (χ1n) is 9.56. The predicted octanol–water partition coefficient (Wildman–Crippen LogP) is 4.36. The zero-order chi connectivity index (χ0) is 21.5. The summed E-state index contributed by atoms with van der Waals surface area (Å²) in [5.41, 5.74) is 8.96. The Balaban J connectivity index is 1.62. The van der Waals surface area contributed by atoms with Crippen LogP contribution >= 0.6 is 27.5 Å². The van der Waals surface area contributed by atoms with E-state index in [1.807, 2.05) is 24.3 Å². The summed E-state index contributed by atoms with van der Waals surface area (Å²) >= 11 is 9.38. The van der Waals surface area contributed by atoms with Gasteiger partial charge in [0, 0.05) is 36.0 Å². The molecule has 0 unspecified atom stereocenters. The Morgan fingerprint density at radius 1 is 1.16 bits per heavy atom. The zero-order valence-corrected chi connectivity index (χ0v) is 18.5. The molecule has 1 aliphatic rings. The molecule has 3 aromatic heterocycles. The second-order valence-electron chi connectivity index (χ2n) is 7.29. The second kappa shape index (κ2) is 7.86. The fraction of sp³-hybridized carbons (Fsp3) is 0.136. The molecule has 4 aromatic rings. The van der Waals surface area contributed by atoms with Crippen LogP contribution in [-0.2, 0) is 13.0 Å². The van der Waals surface area contributed by atoms with Gasteiger partial charge in [-0.2, -0.15) is 0 Å². The fourth-order valence-corrected chi connectivity index (χ4v) is 4.25. The number of nitrogens with zero attached hydrogens (tertiary/aromatic N) is 5. The minimum absolute atomic E-state index is 0.106. The molecule has 1 aliphatic heterocycles. The number of hydrogen-bond donors (Lipinski definition) is 1. The maximum atomic E-state index is 13.6. The van der Waals surface area contributed by atoms with Crippen molar-refractivity contribution in [2.75, 3.05) is 5.73 Å². The molecule has 1 atom stereocenters. The van der Waals surface area contributed by atoms with Gasteiger partial charge in [0.15, 0.2) is 5.82 Å². The zero-order valence-electron chi connectivity index (χ0n) is 16.2. The maximum Gasteiger partial charge on any atom is 0.255 e. The summed E-state index contributed by atoms with van der Waals surface area (Å²) in [6.45, 7) is 0.320. The van der Waals surface area contributed by atoms with E-state index in [2.05, 4.69) is 35.9 Å². The van der Waals surface area contributed by atoms with Gasteiger partial charge < -0.3 is 10.6 Å². The van der Waals surface area contributed by atoms with Gasteiger partial charge in [-0.05, 0) is 57.9 Å². The third kappa shape index (κ3) is 3.73. The summed E-state index contributed by atoms with van der Waals surface area (Å²) in [4.78, 5) is 33.0. The summed E-state index contributed by atoms with van der Waals surface area (Å²) < 4.78 is 0.695. The lowest BCUT2D eigenvalue weighted by atomic mass is 9.91. The van der Waals surface area contributed by atoms with Crippen molar-refractivity contribution in [1.29, 1.82) is 0 Å². The van der Waals surface area contributed by atoms with Gasteiger partial charge in [-0.1, -0.05) is 11.6 Å². The molecule has 0 aliphatic carbocycles. The minimum atomic E-state index is -0.330. The van der Waals surface area contributed by atoms with Crippen molar-refractivity contribution in [3.63, 3.8) is 0 Å². The SMILES string of the molecule is Nc1nc2cc3c(cc2cc1Br)C(=O)N(Cc1ccc(Cl)cn1)[C@@H](c1ncccn1)C3. The van der Waals surface area contributed by atoms with Crippen LogP contribution < -0.4 is 5.73 Å². The number of aromatic nitrogens is 4. The van der Waals surface area contributed by atoms with Crippen molar-refractivity contribution in [2.45, 2.75) is 19.0 Å². The Morgan fingerprint density at radius 2 is 1.97 bits per heavy atom. The van der Waals surface area contributed by atoms with Crippen LogP contribution in [0.25, 0.3) is 10.9 Å². The Kier molecular flexibility index (Phi) is 5.03. The van der Waals surface area contributed by atoms with E-state index in [4.69, 9.17) is 17.3 Å². The standard InChI is InChI=1S/C22H16BrClN6O/c23-17-7-13-6-16-12(8-18(13)29-20(17)25)9-19(21-26-4-1-5-27-21)30(22(16)31)11-15-3-2-14(24)10-28-15/h1-8,10,19H,9,11H2,(H2,25,29)/t19-/m1/s1. The first kappa shape index (κ1) is 19.8. The quantitative estimate of drug-likeness (QED) is 0.453. The molecular weight excluding hydrogens is 480 g/mol. The molecule has 0 saturated heterocycles. The van der Waals surface area contributed by atoms with Gasteiger partial charge in [-0.3, -0.25) is 9.78 Å². The molecule has 0 fully saturated rings. The van der Waals surface area contributed by atoms with Crippen LogP contribution in [0, 0.1) is 0 Å². The number of halogens is 2.